The normalized spacial score (nSPS) is 16.8. The number of carbonyl (C=O) groups is 1. The highest BCUT2D eigenvalue weighted by atomic mass is 79.9. The van der Waals surface area contributed by atoms with E-state index < -0.39 is 0 Å². The summed E-state index contributed by atoms with van der Waals surface area (Å²) in [7, 11) is 1.80. The van der Waals surface area contributed by atoms with Crippen molar-refractivity contribution in [2.45, 2.75) is 52.5 Å². The lowest BCUT2D eigenvalue weighted by Gasteiger charge is -2.23. The van der Waals surface area contributed by atoms with E-state index in [2.05, 4.69) is 22.5 Å². The summed E-state index contributed by atoms with van der Waals surface area (Å²) in [5.74, 6) is 0. The topological polar surface area (TPSA) is 53.4 Å². The summed E-state index contributed by atoms with van der Waals surface area (Å²) < 4.78 is 6.34. The van der Waals surface area contributed by atoms with Gasteiger partial charge in [-0.1, -0.05) is 53.1 Å². The monoisotopic (exact) mass is 408 g/mol. The number of rotatable bonds is 7. The summed E-state index contributed by atoms with van der Waals surface area (Å²) in [5, 5.41) is 7.91. The van der Waals surface area contributed by atoms with Crippen molar-refractivity contribution in [3.63, 3.8) is 0 Å². The van der Waals surface area contributed by atoms with Crippen LogP contribution in [0.1, 0.15) is 46.5 Å². The van der Waals surface area contributed by atoms with E-state index in [1.807, 2.05) is 32.1 Å². The second-order valence-electron chi connectivity index (χ2n) is 6.60. The van der Waals surface area contributed by atoms with Gasteiger partial charge in [0.1, 0.15) is 6.61 Å². The molecule has 1 N–H and O–H groups in total. The predicted octanol–water partition coefficient (Wildman–Crippen LogP) is 5.76. The van der Waals surface area contributed by atoms with Crippen LogP contribution >= 0.6 is 15.9 Å². The molecule has 1 saturated carbocycles. The second kappa shape index (κ2) is 10.4. The average Bonchev–Trinajstić information content (AvgIpc) is 3.09. The minimum atomic E-state index is -0.314. The van der Waals surface area contributed by atoms with Gasteiger partial charge in [0.05, 0.1) is 0 Å². The van der Waals surface area contributed by atoms with Gasteiger partial charge < -0.3 is 15.0 Å². The Balaban J connectivity index is 2.71. The third kappa shape index (κ3) is 7.43. The summed E-state index contributed by atoms with van der Waals surface area (Å²) >= 11 is 3.44. The van der Waals surface area contributed by atoms with Crippen LogP contribution in [0.2, 0.25) is 0 Å². The van der Waals surface area contributed by atoms with E-state index in [4.69, 9.17) is 10.1 Å². The maximum Gasteiger partial charge on any atom is 0.410 e. The number of hydrogen-bond donors (Lipinski definition) is 1. The second-order valence-corrected chi connectivity index (χ2v) is 7.46. The van der Waals surface area contributed by atoms with Crippen LogP contribution in [-0.4, -0.2) is 36.4 Å². The molecule has 0 spiro atoms. The van der Waals surface area contributed by atoms with Gasteiger partial charge in [0, 0.05) is 28.9 Å². The number of hydrogen-bond acceptors (Lipinski definition) is 3. The van der Waals surface area contributed by atoms with E-state index in [0.29, 0.717) is 11.3 Å². The van der Waals surface area contributed by atoms with Gasteiger partial charge in [-0.3, -0.25) is 0 Å². The first-order valence-electron chi connectivity index (χ1n) is 8.58. The van der Waals surface area contributed by atoms with Crippen molar-refractivity contribution >= 4 is 27.7 Å². The molecule has 0 aromatic rings. The molecule has 1 fully saturated rings. The van der Waals surface area contributed by atoms with Gasteiger partial charge in [-0.05, 0) is 45.3 Å². The summed E-state index contributed by atoms with van der Waals surface area (Å²) in [4.78, 5) is 13.9. The maximum atomic E-state index is 12.2. The summed E-state index contributed by atoms with van der Waals surface area (Å²) in [5.41, 5.74) is 3.01. The van der Waals surface area contributed by atoms with Crippen LogP contribution in [0.25, 0.3) is 0 Å². The van der Waals surface area contributed by atoms with Gasteiger partial charge in [0.25, 0.3) is 0 Å². The molecule has 138 valence electrons. The van der Waals surface area contributed by atoms with Crippen molar-refractivity contribution in [1.29, 1.82) is 5.41 Å². The van der Waals surface area contributed by atoms with Crippen molar-refractivity contribution < 1.29 is 9.53 Å². The molecule has 4 nitrogen and oxygen atoms in total. The van der Waals surface area contributed by atoms with E-state index >= 15 is 0 Å². The van der Waals surface area contributed by atoms with Crippen molar-refractivity contribution in [3.05, 3.63) is 46.0 Å². The molecule has 1 rings (SSSR count). The van der Waals surface area contributed by atoms with Gasteiger partial charge in [0.2, 0.25) is 0 Å². The van der Waals surface area contributed by atoms with Crippen LogP contribution in [-0.2, 0) is 4.74 Å². The lowest BCUT2D eigenvalue weighted by atomic mass is 10.1. The van der Waals surface area contributed by atoms with Gasteiger partial charge in [-0.25, -0.2) is 4.79 Å². The fourth-order valence-corrected chi connectivity index (χ4v) is 2.74. The molecule has 0 aromatic carbocycles. The zero-order chi connectivity index (χ0) is 19.0. The van der Waals surface area contributed by atoms with E-state index in [1.54, 1.807) is 18.9 Å². The van der Waals surface area contributed by atoms with Gasteiger partial charge >= 0.3 is 6.09 Å². The predicted molar refractivity (Wildman–Crippen MR) is 108 cm³/mol. The molecule has 0 aliphatic heterocycles. The lowest BCUT2D eigenvalue weighted by Crippen LogP contribution is -2.36. The fourth-order valence-electron chi connectivity index (χ4n) is 2.61. The maximum absolute atomic E-state index is 12.2. The highest BCUT2D eigenvalue weighted by Gasteiger charge is 2.24. The van der Waals surface area contributed by atoms with Gasteiger partial charge in [-0.15, -0.1) is 0 Å². The molecule has 0 heterocycles. The molecule has 5 heteroatoms. The lowest BCUT2D eigenvalue weighted by molar-refractivity contribution is 0.106. The SMILES string of the molecule is C=C(C)\C(Br)=C/C=C(C)/C=C(\COC(=O)N(C)C1CCCC1)C(C)=N. The van der Waals surface area contributed by atoms with Crippen LogP contribution in [0.4, 0.5) is 4.79 Å². The summed E-state index contributed by atoms with van der Waals surface area (Å²) in [6.45, 7) is 9.55. The zero-order valence-electron chi connectivity index (χ0n) is 15.7. The first-order chi connectivity index (χ1) is 11.7. The minimum absolute atomic E-state index is 0.113. The van der Waals surface area contributed by atoms with Gasteiger partial charge in [0.15, 0.2) is 0 Å². The first kappa shape index (κ1) is 21.4. The molecule has 0 saturated heterocycles. The highest BCUT2D eigenvalue weighted by molar-refractivity contribution is 9.12. The van der Waals surface area contributed by atoms with E-state index in [0.717, 1.165) is 28.5 Å². The Bertz CT molecular complexity index is 611. The van der Waals surface area contributed by atoms with Crippen molar-refractivity contribution in [2.24, 2.45) is 0 Å². The van der Waals surface area contributed by atoms with E-state index in [9.17, 15) is 4.79 Å². The average molecular weight is 409 g/mol. The zero-order valence-corrected chi connectivity index (χ0v) is 17.3. The first-order valence-corrected chi connectivity index (χ1v) is 9.37. The van der Waals surface area contributed by atoms with Crippen molar-refractivity contribution in [3.8, 4) is 0 Å². The van der Waals surface area contributed by atoms with Crippen LogP contribution in [0.3, 0.4) is 0 Å². The molecule has 0 radical (unpaired) electrons. The summed E-state index contributed by atoms with van der Waals surface area (Å²) in [6, 6.07) is 0.285. The van der Waals surface area contributed by atoms with Crippen LogP contribution in [0, 0.1) is 5.41 Å². The highest BCUT2D eigenvalue weighted by Crippen LogP contribution is 2.23. The van der Waals surface area contributed by atoms with Gasteiger partial charge in [-0.2, -0.15) is 0 Å². The van der Waals surface area contributed by atoms with Crippen LogP contribution in [0.15, 0.2) is 46.0 Å². The molecular weight excluding hydrogens is 380 g/mol. The minimum Gasteiger partial charge on any atom is -0.444 e. The molecule has 1 amide bonds. The molecule has 0 aromatic heterocycles. The molecule has 1 aliphatic rings. The van der Waals surface area contributed by atoms with Crippen molar-refractivity contribution in [2.75, 3.05) is 13.7 Å². The number of nitrogens with zero attached hydrogens (tertiary/aromatic N) is 1. The number of nitrogens with one attached hydrogen (secondary N) is 1. The largest absolute Gasteiger partial charge is 0.444 e. The fraction of sp³-hybridized carbons (Fsp3) is 0.500. The molecule has 0 atom stereocenters. The number of carbonyl (C=O) groups excluding carboxylic acids is 1. The van der Waals surface area contributed by atoms with Crippen LogP contribution < -0.4 is 0 Å². The Morgan fingerprint density at radius 1 is 1.28 bits per heavy atom. The number of halogens is 1. The Morgan fingerprint density at radius 3 is 2.40 bits per heavy atom. The molecule has 0 unspecified atom stereocenters. The molecule has 0 bridgehead atoms. The Labute approximate surface area is 159 Å². The van der Waals surface area contributed by atoms with E-state index in [-0.39, 0.29) is 18.7 Å². The third-order valence-corrected chi connectivity index (χ3v) is 5.24. The molecule has 1 aliphatic carbocycles. The standard InChI is InChI=1S/C20H29BrN2O2/c1-14(2)19(21)11-10-15(3)12-17(16(4)22)13-25-20(24)23(5)18-8-6-7-9-18/h10-12,18,22H,1,6-9,13H2,2-5H3/b15-10+,17-12+,19-11+,22-16?. The van der Waals surface area contributed by atoms with Crippen molar-refractivity contribution in [1.82, 2.24) is 4.90 Å². The Morgan fingerprint density at radius 2 is 1.88 bits per heavy atom. The Kier molecular flexibility index (Phi) is 8.90. The van der Waals surface area contributed by atoms with Crippen LogP contribution in [0.5, 0.6) is 0 Å². The molecule has 25 heavy (non-hydrogen) atoms. The number of allylic oxidation sites excluding steroid dienone is 6. The number of amides is 1. The molecular formula is C20H29BrN2O2. The van der Waals surface area contributed by atoms with E-state index in [1.165, 1.54) is 12.8 Å². The number of ether oxygens (including phenoxy) is 1. The summed E-state index contributed by atoms with van der Waals surface area (Å²) in [6.07, 6.45) is 9.85. The quantitative estimate of drug-likeness (QED) is 0.429. The third-order valence-electron chi connectivity index (χ3n) is 4.30. The smallest absolute Gasteiger partial charge is 0.410 e. The Hall–Kier alpha value is -1.62.